The molecular weight excluding hydrogens is 394 g/mol. The zero-order valence-electron chi connectivity index (χ0n) is 14.0. The summed E-state index contributed by atoms with van der Waals surface area (Å²) in [5.41, 5.74) is 0.554. The van der Waals surface area contributed by atoms with E-state index in [2.05, 4.69) is 15.9 Å². The van der Waals surface area contributed by atoms with Crippen molar-refractivity contribution in [2.45, 2.75) is 24.8 Å². The zero-order valence-corrected chi connectivity index (χ0v) is 16.4. The molecule has 24 heavy (non-hydrogen) atoms. The molecule has 0 spiro atoms. The number of methoxy groups -OCH3 is 1. The number of halogens is 1. The maximum Gasteiger partial charge on any atom is 0.264 e. The molecule has 5 nitrogen and oxygen atoms in total. The van der Waals surface area contributed by atoms with E-state index in [0.717, 1.165) is 0 Å². The summed E-state index contributed by atoms with van der Waals surface area (Å²) >= 11 is 3.31. The van der Waals surface area contributed by atoms with Crippen molar-refractivity contribution in [3.63, 3.8) is 0 Å². The van der Waals surface area contributed by atoms with Crippen LogP contribution in [0.2, 0.25) is 0 Å². The molecule has 2 aromatic carbocycles. The van der Waals surface area contributed by atoms with E-state index in [1.807, 2.05) is 13.8 Å². The lowest BCUT2D eigenvalue weighted by Gasteiger charge is -2.20. The Morgan fingerprint density at radius 1 is 1.08 bits per heavy atom. The highest BCUT2D eigenvalue weighted by Gasteiger charge is 2.22. The van der Waals surface area contributed by atoms with E-state index in [0.29, 0.717) is 21.7 Å². The number of anilines is 1. The monoisotopic (exact) mass is 413 g/mol. The predicted octanol–water partition coefficient (Wildman–Crippen LogP) is 4.07. The number of sulfonamides is 1. The molecule has 0 radical (unpaired) electrons. The number of hydrogen-bond donors (Lipinski definition) is 0. The first-order chi connectivity index (χ1) is 11.3. The van der Waals surface area contributed by atoms with Crippen molar-refractivity contribution in [1.29, 1.82) is 0 Å². The first-order valence-corrected chi connectivity index (χ1v) is 9.58. The summed E-state index contributed by atoms with van der Waals surface area (Å²) in [5, 5.41) is 0. The van der Waals surface area contributed by atoms with Crippen LogP contribution in [-0.2, 0) is 10.0 Å². The van der Waals surface area contributed by atoms with E-state index >= 15 is 0 Å². The largest absolute Gasteiger partial charge is 0.496 e. The average molecular weight is 414 g/mol. The van der Waals surface area contributed by atoms with Gasteiger partial charge in [0.15, 0.2) is 0 Å². The van der Waals surface area contributed by atoms with Crippen molar-refractivity contribution < 1.29 is 17.9 Å². The number of rotatable bonds is 6. The van der Waals surface area contributed by atoms with Gasteiger partial charge in [0.05, 0.1) is 28.3 Å². The van der Waals surface area contributed by atoms with Gasteiger partial charge in [0.25, 0.3) is 10.0 Å². The Hall–Kier alpha value is -1.73. The standard InChI is InChI=1S/C17H20BrNO4S/c1-12(2)23-14-7-5-13(6-8-14)19(3)24(20,21)15-9-10-17(22-4)16(18)11-15/h5-12H,1-4H3. The molecule has 130 valence electrons. The molecule has 0 atom stereocenters. The molecule has 0 saturated carbocycles. The number of nitrogens with zero attached hydrogens (tertiary/aromatic N) is 1. The van der Waals surface area contributed by atoms with Crippen LogP contribution in [0.3, 0.4) is 0 Å². The lowest BCUT2D eigenvalue weighted by atomic mass is 10.3. The van der Waals surface area contributed by atoms with E-state index in [9.17, 15) is 8.42 Å². The third-order valence-corrected chi connectivity index (χ3v) is 5.76. The van der Waals surface area contributed by atoms with Crippen molar-refractivity contribution >= 4 is 31.6 Å². The van der Waals surface area contributed by atoms with E-state index < -0.39 is 10.0 Å². The smallest absolute Gasteiger partial charge is 0.264 e. The summed E-state index contributed by atoms with van der Waals surface area (Å²) in [5.74, 6) is 1.28. The van der Waals surface area contributed by atoms with E-state index in [1.54, 1.807) is 30.3 Å². The second-order valence-electron chi connectivity index (χ2n) is 5.43. The van der Waals surface area contributed by atoms with Crippen LogP contribution >= 0.6 is 15.9 Å². The van der Waals surface area contributed by atoms with Gasteiger partial charge in [-0.3, -0.25) is 4.31 Å². The summed E-state index contributed by atoms with van der Waals surface area (Å²) in [6.45, 7) is 3.87. The quantitative estimate of drug-likeness (QED) is 0.715. The Morgan fingerprint density at radius 3 is 2.21 bits per heavy atom. The highest BCUT2D eigenvalue weighted by Crippen LogP contribution is 2.30. The molecule has 0 amide bonds. The van der Waals surface area contributed by atoms with Gasteiger partial charge in [0.1, 0.15) is 11.5 Å². The Balaban J connectivity index is 2.30. The average Bonchev–Trinajstić information content (AvgIpc) is 2.54. The molecule has 0 bridgehead atoms. The fraction of sp³-hybridized carbons (Fsp3) is 0.294. The Labute approximate surface area is 151 Å². The van der Waals surface area contributed by atoms with Crippen LogP contribution in [0, 0.1) is 0 Å². The second kappa shape index (κ2) is 7.44. The van der Waals surface area contributed by atoms with Gasteiger partial charge in [-0.1, -0.05) is 0 Å². The van der Waals surface area contributed by atoms with Crippen LogP contribution in [-0.4, -0.2) is 28.7 Å². The molecule has 0 heterocycles. The summed E-state index contributed by atoms with van der Waals surface area (Å²) in [6, 6.07) is 11.6. The fourth-order valence-corrected chi connectivity index (χ4v) is 4.03. The molecule has 2 aromatic rings. The molecule has 2 rings (SSSR count). The second-order valence-corrected chi connectivity index (χ2v) is 8.25. The number of hydrogen-bond acceptors (Lipinski definition) is 4. The van der Waals surface area contributed by atoms with Crippen LogP contribution in [0.15, 0.2) is 51.8 Å². The minimum absolute atomic E-state index is 0.0639. The lowest BCUT2D eigenvalue weighted by molar-refractivity contribution is 0.242. The molecule has 0 unspecified atom stereocenters. The SMILES string of the molecule is COc1ccc(S(=O)(=O)N(C)c2ccc(OC(C)C)cc2)cc1Br. The van der Waals surface area contributed by atoms with Crippen molar-refractivity contribution in [1.82, 2.24) is 0 Å². The van der Waals surface area contributed by atoms with Crippen LogP contribution in [0.25, 0.3) is 0 Å². The molecular formula is C17H20BrNO4S. The third kappa shape index (κ3) is 4.02. The van der Waals surface area contributed by atoms with E-state index in [4.69, 9.17) is 9.47 Å². The molecule has 0 fully saturated rings. The maximum atomic E-state index is 12.8. The lowest BCUT2D eigenvalue weighted by Crippen LogP contribution is -2.26. The summed E-state index contributed by atoms with van der Waals surface area (Å²) in [6.07, 6.45) is 0.0639. The summed E-state index contributed by atoms with van der Waals surface area (Å²) in [7, 11) is -0.620. The van der Waals surface area contributed by atoms with Gasteiger partial charge in [0, 0.05) is 7.05 Å². The van der Waals surface area contributed by atoms with Gasteiger partial charge < -0.3 is 9.47 Å². The van der Waals surface area contributed by atoms with Gasteiger partial charge in [-0.05, 0) is 72.2 Å². The summed E-state index contributed by atoms with van der Waals surface area (Å²) in [4.78, 5) is 0.181. The molecule has 7 heteroatoms. The van der Waals surface area contributed by atoms with Crippen molar-refractivity contribution in [2.75, 3.05) is 18.5 Å². The Kier molecular flexibility index (Phi) is 5.77. The number of ether oxygens (including phenoxy) is 2. The molecule has 0 aliphatic carbocycles. The van der Waals surface area contributed by atoms with Crippen molar-refractivity contribution in [2.24, 2.45) is 0 Å². The highest BCUT2D eigenvalue weighted by molar-refractivity contribution is 9.10. The predicted molar refractivity (Wildman–Crippen MR) is 98.5 cm³/mol. The molecule has 0 aliphatic rings. The van der Waals surface area contributed by atoms with E-state index in [-0.39, 0.29) is 11.0 Å². The van der Waals surface area contributed by atoms with Crippen LogP contribution < -0.4 is 13.8 Å². The minimum atomic E-state index is -3.67. The minimum Gasteiger partial charge on any atom is -0.496 e. The Bertz CT molecular complexity index is 804. The molecule has 0 aromatic heterocycles. The van der Waals surface area contributed by atoms with Gasteiger partial charge in [-0.25, -0.2) is 8.42 Å². The normalized spacial score (nSPS) is 11.4. The highest BCUT2D eigenvalue weighted by atomic mass is 79.9. The first kappa shape index (κ1) is 18.6. The molecule has 0 aliphatic heterocycles. The number of benzene rings is 2. The van der Waals surface area contributed by atoms with Gasteiger partial charge >= 0.3 is 0 Å². The van der Waals surface area contributed by atoms with Gasteiger partial charge in [-0.15, -0.1) is 0 Å². The van der Waals surface area contributed by atoms with Crippen molar-refractivity contribution in [3.05, 3.63) is 46.9 Å². The van der Waals surface area contributed by atoms with Gasteiger partial charge in [-0.2, -0.15) is 0 Å². The third-order valence-electron chi connectivity index (χ3n) is 3.35. The Morgan fingerprint density at radius 2 is 1.71 bits per heavy atom. The van der Waals surface area contributed by atoms with Crippen molar-refractivity contribution in [3.8, 4) is 11.5 Å². The molecule has 0 N–H and O–H groups in total. The topological polar surface area (TPSA) is 55.8 Å². The summed E-state index contributed by atoms with van der Waals surface area (Å²) < 4.78 is 38.1. The van der Waals surface area contributed by atoms with Crippen LogP contribution in [0.4, 0.5) is 5.69 Å². The van der Waals surface area contributed by atoms with Crippen LogP contribution in [0.5, 0.6) is 11.5 Å². The maximum absolute atomic E-state index is 12.8. The fourth-order valence-electron chi connectivity index (χ4n) is 2.11. The van der Waals surface area contributed by atoms with Crippen LogP contribution in [0.1, 0.15) is 13.8 Å². The van der Waals surface area contributed by atoms with E-state index in [1.165, 1.54) is 30.6 Å². The van der Waals surface area contributed by atoms with Gasteiger partial charge in [0.2, 0.25) is 0 Å². The molecule has 0 saturated heterocycles. The zero-order chi connectivity index (χ0) is 17.9. The first-order valence-electron chi connectivity index (χ1n) is 7.35.